The first-order chi connectivity index (χ1) is 8.63. The summed E-state index contributed by atoms with van der Waals surface area (Å²) in [5.74, 6) is -2.10. The molecule has 5 heteroatoms. The van der Waals surface area contributed by atoms with Crippen LogP contribution in [0.2, 0.25) is 0 Å². The van der Waals surface area contributed by atoms with Gasteiger partial charge in [-0.15, -0.1) is 0 Å². The van der Waals surface area contributed by atoms with Gasteiger partial charge in [-0.05, 0) is 25.8 Å². The lowest BCUT2D eigenvalue weighted by Crippen LogP contribution is -2.41. The molecule has 1 fully saturated rings. The zero-order valence-corrected chi connectivity index (χ0v) is 10.3. The first-order valence-electron chi connectivity index (χ1n) is 6.21. The highest BCUT2D eigenvalue weighted by Gasteiger charge is 2.43. The van der Waals surface area contributed by atoms with Crippen LogP contribution in [0.3, 0.4) is 0 Å². The number of cyclic esters (lactones) is 1. The molecule has 3 unspecified atom stereocenters. The average molecular weight is 252 g/mol. The molecule has 0 amide bonds. The van der Waals surface area contributed by atoms with Crippen LogP contribution in [0.5, 0.6) is 0 Å². The van der Waals surface area contributed by atoms with Crippen molar-refractivity contribution in [1.29, 1.82) is 0 Å². The topological polar surface area (TPSA) is 69.7 Å². The number of hydrogen-bond donors (Lipinski definition) is 0. The van der Waals surface area contributed by atoms with Crippen LogP contribution in [-0.4, -0.2) is 30.4 Å². The van der Waals surface area contributed by atoms with Gasteiger partial charge in [-0.25, -0.2) is 4.79 Å². The van der Waals surface area contributed by atoms with Gasteiger partial charge in [-0.2, -0.15) is 0 Å². The van der Waals surface area contributed by atoms with Gasteiger partial charge in [0, 0.05) is 18.4 Å². The fraction of sp³-hybridized carbons (Fsp3) is 0.615. The Kier molecular flexibility index (Phi) is 3.79. The fourth-order valence-electron chi connectivity index (χ4n) is 2.58. The third-order valence-electron chi connectivity index (χ3n) is 3.37. The number of ketones is 1. The average Bonchev–Trinajstić information content (AvgIpc) is 2.75. The van der Waals surface area contributed by atoms with Crippen molar-refractivity contribution in [1.82, 2.24) is 0 Å². The molecule has 0 aromatic rings. The predicted molar refractivity (Wildman–Crippen MR) is 61.5 cm³/mol. The van der Waals surface area contributed by atoms with Gasteiger partial charge in [0.1, 0.15) is 17.8 Å². The summed E-state index contributed by atoms with van der Waals surface area (Å²) >= 11 is 0. The SMILES string of the molecule is CCOC(=O)C1C(=O)CCCC1C1C=CC(=O)O1. The third kappa shape index (κ3) is 2.44. The molecule has 0 radical (unpaired) electrons. The van der Waals surface area contributed by atoms with Crippen molar-refractivity contribution in [3.05, 3.63) is 12.2 Å². The van der Waals surface area contributed by atoms with Crippen LogP contribution in [0.1, 0.15) is 26.2 Å². The quantitative estimate of drug-likeness (QED) is 0.554. The van der Waals surface area contributed by atoms with Crippen LogP contribution in [0, 0.1) is 11.8 Å². The van der Waals surface area contributed by atoms with Crippen LogP contribution >= 0.6 is 0 Å². The van der Waals surface area contributed by atoms with Crippen molar-refractivity contribution < 1.29 is 23.9 Å². The van der Waals surface area contributed by atoms with Gasteiger partial charge in [0.2, 0.25) is 0 Å². The maximum atomic E-state index is 11.9. The molecule has 0 spiro atoms. The van der Waals surface area contributed by atoms with Crippen molar-refractivity contribution in [3.8, 4) is 0 Å². The number of Topliss-reactive ketones (excluding diaryl/α,β-unsaturated/α-hetero) is 1. The van der Waals surface area contributed by atoms with E-state index in [1.807, 2.05) is 0 Å². The largest absolute Gasteiger partial charge is 0.465 e. The van der Waals surface area contributed by atoms with Crippen molar-refractivity contribution in [2.45, 2.75) is 32.3 Å². The molecule has 18 heavy (non-hydrogen) atoms. The molecule has 98 valence electrons. The summed E-state index contributed by atoms with van der Waals surface area (Å²) in [4.78, 5) is 34.8. The normalized spacial score (nSPS) is 31.3. The molecule has 5 nitrogen and oxygen atoms in total. The molecule has 0 N–H and O–H groups in total. The summed E-state index contributed by atoms with van der Waals surface area (Å²) in [6.45, 7) is 1.95. The standard InChI is InChI=1S/C13H16O5/c1-2-17-13(16)12-8(4-3-5-9(12)14)10-6-7-11(15)18-10/h6-8,10,12H,2-5H2,1H3. The Morgan fingerprint density at radius 3 is 2.89 bits per heavy atom. The third-order valence-corrected chi connectivity index (χ3v) is 3.37. The smallest absolute Gasteiger partial charge is 0.331 e. The van der Waals surface area contributed by atoms with Crippen molar-refractivity contribution in [2.75, 3.05) is 6.61 Å². The summed E-state index contributed by atoms with van der Waals surface area (Å²) in [5.41, 5.74) is 0. The Morgan fingerprint density at radius 1 is 1.50 bits per heavy atom. The number of hydrogen-bond acceptors (Lipinski definition) is 5. The molecule has 2 aliphatic rings. The molecule has 1 heterocycles. The first kappa shape index (κ1) is 12.8. The summed E-state index contributed by atoms with van der Waals surface area (Å²) < 4.78 is 10.0. The van der Waals surface area contributed by atoms with Crippen LogP contribution in [-0.2, 0) is 23.9 Å². The summed E-state index contributed by atoms with van der Waals surface area (Å²) in [6, 6.07) is 0. The van der Waals surface area contributed by atoms with E-state index in [-0.39, 0.29) is 18.3 Å². The summed E-state index contributed by atoms with van der Waals surface area (Å²) in [6.07, 6.45) is 4.30. The van der Waals surface area contributed by atoms with E-state index in [1.54, 1.807) is 13.0 Å². The maximum Gasteiger partial charge on any atom is 0.331 e. The Morgan fingerprint density at radius 2 is 2.28 bits per heavy atom. The summed E-state index contributed by atoms with van der Waals surface area (Å²) in [5, 5.41) is 0. The van der Waals surface area contributed by atoms with Crippen molar-refractivity contribution in [2.24, 2.45) is 11.8 Å². The number of rotatable bonds is 3. The minimum atomic E-state index is -0.792. The lowest BCUT2D eigenvalue weighted by Gasteiger charge is -2.31. The molecule has 1 aliphatic carbocycles. The first-order valence-corrected chi connectivity index (χ1v) is 6.21. The van der Waals surface area contributed by atoms with Gasteiger partial charge < -0.3 is 9.47 Å². The van der Waals surface area contributed by atoms with Crippen LogP contribution in [0.15, 0.2) is 12.2 Å². The van der Waals surface area contributed by atoms with Crippen LogP contribution in [0.4, 0.5) is 0 Å². The van der Waals surface area contributed by atoms with E-state index in [0.717, 1.165) is 6.42 Å². The van der Waals surface area contributed by atoms with E-state index >= 15 is 0 Å². The highest BCUT2D eigenvalue weighted by Crippen LogP contribution is 2.34. The number of carbonyl (C=O) groups is 3. The maximum absolute atomic E-state index is 11.9. The van der Waals surface area contributed by atoms with Gasteiger partial charge >= 0.3 is 11.9 Å². The van der Waals surface area contributed by atoms with Gasteiger partial charge in [0.05, 0.1) is 6.61 Å². The lowest BCUT2D eigenvalue weighted by atomic mass is 9.75. The molecular weight excluding hydrogens is 236 g/mol. The number of esters is 2. The Hall–Kier alpha value is -1.65. The van der Waals surface area contributed by atoms with Gasteiger partial charge in [-0.3, -0.25) is 9.59 Å². The van der Waals surface area contributed by atoms with Gasteiger partial charge in [-0.1, -0.05) is 0 Å². The van der Waals surface area contributed by atoms with Gasteiger partial charge in [0.25, 0.3) is 0 Å². The molecule has 2 rings (SSSR count). The monoisotopic (exact) mass is 252 g/mol. The molecule has 1 saturated carbocycles. The van der Waals surface area contributed by atoms with Crippen LogP contribution < -0.4 is 0 Å². The minimum absolute atomic E-state index is 0.110. The Bertz CT molecular complexity index is 398. The number of carbonyl (C=O) groups excluding carboxylic acids is 3. The van der Waals surface area contributed by atoms with E-state index in [1.165, 1.54) is 6.08 Å². The zero-order chi connectivity index (χ0) is 13.1. The van der Waals surface area contributed by atoms with E-state index in [4.69, 9.17) is 9.47 Å². The van der Waals surface area contributed by atoms with E-state index < -0.39 is 24.0 Å². The second-order valence-electron chi connectivity index (χ2n) is 4.51. The molecule has 1 aliphatic heterocycles. The highest BCUT2D eigenvalue weighted by atomic mass is 16.5. The predicted octanol–water partition coefficient (Wildman–Crippen LogP) is 1.02. The van der Waals surface area contributed by atoms with E-state index in [0.29, 0.717) is 12.8 Å². The zero-order valence-electron chi connectivity index (χ0n) is 10.3. The highest BCUT2D eigenvalue weighted by molar-refractivity contribution is 6.00. The van der Waals surface area contributed by atoms with Crippen molar-refractivity contribution >= 4 is 17.7 Å². The minimum Gasteiger partial charge on any atom is -0.465 e. The lowest BCUT2D eigenvalue weighted by molar-refractivity contribution is -0.160. The molecular formula is C13H16O5. The second-order valence-corrected chi connectivity index (χ2v) is 4.51. The number of ether oxygens (including phenoxy) is 2. The van der Waals surface area contributed by atoms with E-state index in [2.05, 4.69) is 0 Å². The second kappa shape index (κ2) is 5.33. The fourth-order valence-corrected chi connectivity index (χ4v) is 2.58. The molecule has 0 bridgehead atoms. The summed E-state index contributed by atoms with van der Waals surface area (Å²) in [7, 11) is 0. The molecule has 3 atom stereocenters. The molecule has 0 aromatic carbocycles. The Balaban J connectivity index is 2.15. The molecule has 0 aromatic heterocycles. The van der Waals surface area contributed by atoms with E-state index in [9.17, 15) is 14.4 Å². The van der Waals surface area contributed by atoms with Crippen molar-refractivity contribution in [3.63, 3.8) is 0 Å². The van der Waals surface area contributed by atoms with Crippen LogP contribution in [0.25, 0.3) is 0 Å². The van der Waals surface area contributed by atoms with Gasteiger partial charge in [0.15, 0.2) is 0 Å². The Labute approximate surface area is 105 Å². The molecule has 0 saturated heterocycles.